The van der Waals surface area contributed by atoms with Crippen LogP contribution in [0.25, 0.3) is 11.1 Å². The lowest BCUT2D eigenvalue weighted by Gasteiger charge is -2.16. The monoisotopic (exact) mass is 433 g/mol. The number of hydrogen-bond donors (Lipinski definition) is 1. The van der Waals surface area contributed by atoms with Crippen LogP contribution in [-0.4, -0.2) is 43.2 Å². The van der Waals surface area contributed by atoms with Gasteiger partial charge < -0.3 is 14.4 Å². The molecule has 2 aromatic rings. The Balaban J connectivity index is 2.60. The molecule has 0 saturated carbocycles. The highest BCUT2D eigenvalue weighted by atomic mass is 32.2. The number of benzene rings is 1. The Hall–Kier alpha value is -2.33. The molecule has 0 bridgehead atoms. The fraction of sp³-hybridized carbons (Fsp3) is 0.421. The normalized spacial score (nSPS) is 12.2. The molecule has 160 valence electrons. The van der Waals surface area contributed by atoms with Crippen LogP contribution in [0.2, 0.25) is 0 Å². The van der Waals surface area contributed by atoms with Gasteiger partial charge in [0, 0.05) is 35.2 Å². The summed E-state index contributed by atoms with van der Waals surface area (Å²) in [5, 5.41) is 9.15. The maximum atomic E-state index is 12.6. The smallest absolute Gasteiger partial charge is 0.422 e. The van der Waals surface area contributed by atoms with Crippen molar-refractivity contribution in [2.75, 3.05) is 19.0 Å². The fourth-order valence-electron chi connectivity index (χ4n) is 2.74. The van der Waals surface area contributed by atoms with Gasteiger partial charge in [-0.05, 0) is 30.7 Å². The molecule has 1 aromatic heterocycles. The second-order valence-corrected chi connectivity index (χ2v) is 8.90. The number of alkyl halides is 3. The number of aliphatic hydroxyl groups is 1. The van der Waals surface area contributed by atoms with Gasteiger partial charge in [0.05, 0.1) is 12.4 Å². The van der Waals surface area contributed by atoms with Crippen molar-refractivity contribution in [3.05, 3.63) is 51.9 Å². The summed E-state index contributed by atoms with van der Waals surface area (Å²) in [6, 6.07) is 5.63. The molecule has 2 rings (SSSR count). The first-order valence-electron chi connectivity index (χ1n) is 8.81. The zero-order valence-electron chi connectivity index (χ0n) is 16.0. The average Bonchev–Trinajstić information content (AvgIpc) is 2.63. The summed E-state index contributed by atoms with van der Waals surface area (Å²) >= 11 is 0. The van der Waals surface area contributed by atoms with Crippen LogP contribution in [0.3, 0.4) is 0 Å². The van der Waals surface area contributed by atoms with Crippen LogP contribution in [0.5, 0.6) is 5.75 Å². The molecule has 0 atom stereocenters. The Labute approximate surface area is 166 Å². The molecule has 6 nitrogen and oxygen atoms in total. The average molecular weight is 433 g/mol. The second kappa shape index (κ2) is 9.00. The molecule has 1 N–H and O–H groups in total. The van der Waals surface area contributed by atoms with E-state index in [-0.39, 0.29) is 41.5 Å². The molecule has 0 aliphatic carbocycles. The third-order valence-electron chi connectivity index (χ3n) is 4.18. The Morgan fingerprint density at radius 2 is 1.90 bits per heavy atom. The number of pyridine rings is 1. The molecule has 0 saturated heterocycles. The van der Waals surface area contributed by atoms with E-state index in [0.29, 0.717) is 16.7 Å². The van der Waals surface area contributed by atoms with Crippen LogP contribution < -0.4 is 10.3 Å². The number of sulfone groups is 1. The maximum Gasteiger partial charge on any atom is 0.422 e. The highest BCUT2D eigenvalue weighted by Gasteiger charge is 2.29. The van der Waals surface area contributed by atoms with E-state index in [1.165, 1.54) is 42.0 Å². The van der Waals surface area contributed by atoms with Gasteiger partial charge >= 0.3 is 6.18 Å². The number of ether oxygens (including phenoxy) is 1. The number of nitrogens with zero attached hydrogens (tertiary/aromatic N) is 1. The Kier molecular flexibility index (Phi) is 7.12. The molecule has 0 aliphatic heterocycles. The third-order valence-corrected chi connectivity index (χ3v) is 5.83. The minimum Gasteiger partial charge on any atom is -0.483 e. The van der Waals surface area contributed by atoms with Crippen molar-refractivity contribution in [3.8, 4) is 16.9 Å². The molecule has 10 heteroatoms. The summed E-state index contributed by atoms with van der Waals surface area (Å²) in [5.74, 6) is -0.436. The molecule has 0 aliphatic rings. The van der Waals surface area contributed by atoms with Gasteiger partial charge in [0.1, 0.15) is 5.75 Å². The van der Waals surface area contributed by atoms with Crippen LogP contribution in [0.15, 0.2) is 35.3 Å². The van der Waals surface area contributed by atoms with Gasteiger partial charge in [0.2, 0.25) is 0 Å². The van der Waals surface area contributed by atoms with Crippen molar-refractivity contribution in [2.24, 2.45) is 0 Å². The van der Waals surface area contributed by atoms with E-state index < -0.39 is 22.6 Å². The van der Waals surface area contributed by atoms with E-state index in [0.717, 1.165) is 0 Å². The number of aryl methyl sites for hydroxylation is 1. The highest BCUT2D eigenvalue weighted by molar-refractivity contribution is 7.90. The third kappa shape index (κ3) is 6.33. The lowest BCUT2D eigenvalue weighted by molar-refractivity contribution is -0.153. The predicted octanol–water partition coefficient (Wildman–Crippen LogP) is 2.69. The molecule has 1 heterocycles. The quantitative estimate of drug-likeness (QED) is 0.692. The fourth-order valence-corrected chi connectivity index (χ4v) is 3.63. The first-order valence-corrected chi connectivity index (χ1v) is 10.6. The van der Waals surface area contributed by atoms with E-state index >= 15 is 0 Å². The van der Waals surface area contributed by atoms with Crippen molar-refractivity contribution in [1.82, 2.24) is 4.57 Å². The Bertz CT molecular complexity index is 1030. The van der Waals surface area contributed by atoms with Gasteiger partial charge in [-0.3, -0.25) is 4.79 Å². The van der Waals surface area contributed by atoms with Gasteiger partial charge in [-0.15, -0.1) is 0 Å². The van der Waals surface area contributed by atoms with Crippen LogP contribution in [-0.2, 0) is 22.1 Å². The van der Waals surface area contributed by atoms with E-state index in [9.17, 15) is 26.4 Å². The zero-order valence-corrected chi connectivity index (χ0v) is 16.8. The minimum atomic E-state index is -4.55. The van der Waals surface area contributed by atoms with Crippen LogP contribution in [0, 0.1) is 6.92 Å². The van der Waals surface area contributed by atoms with Gasteiger partial charge in [-0.25, -0.2) is 8.42 Å². The van der Waals surface area contributed by atoms with E-state index in [2.05, 4.69) is 0 Å². The summed E-state index contributed by atoms with van der Waals surface area (Å²) in [7, 11) is -3.36. The Morgan fingerprint density at radius 3 is 2.48 bits per heavy atom. The largest absolute Gasteiger partial charge is 0.483 e. The molecule has 1 aromatic carbocycles. The second-order valence-electron chi connectivity index (χ2n) is 6.54. The predicted molar refractivity (Wildman–Crippen MR) is 103 cm³/mol. The number of hydrogen-bond acceptors (Lipinski definition) is 5. The summed E-state index contributed by atoms with van der Waals surface area (Å²) in [6.07, 6.45) is -3.15. The van der Waals surface area contributed by atoms with Crippen molar-refractivity contribution >= 4 is 9.84 Å². The summed E-state index contributed by atoms with van der Waals surface area (Å²) < 4.78 is 67.9. The Morgan fingerprint density at radius 1 is 1.21 bits per heavy atom. The molecule has 0 radical (unpaired) electrons. The van der Waals surface area contributed by atoms with Crippen LogP contribution in [0.1, 0.15) is 18.1 Å². The SMILES string of the molecule is CCS(=O)(=O)Cc1ccc(OCC(F)(F)F)c(-c2cc(C)c(=O)n(CCO)c2)c1. The molecule has 0 fully saturated rings. The molecule has 0 spiro atoms. The van der Waals surface area contributed by atoms with Gasteiger partial charge in [0.15, 0.2) is 16.4 Å². The van der Waals surface area contributed by atoms with Crippen molar-refractivity contribution in [3.63, 3.8) is 0 Å². The maximum absolute atomic E-state index is 12.6. The van der Waals surface area contributed by atoms with Crippen LogP contribution in [0.4, 0.5) is 13.2 Å². The molecule has 0 unspecified atom stereocenters. The van der Waals surface area contributed by atoms with Gasteiger partial charge in [0.25, 0.3) is 5.56 Å². The number of rotatable bonds is 8. The topological polar surface area (TPSA) is 85.6 Å². The van der Waals surface area contributed by atoms with Gasteiger partial charge in [-0.2, -0.15) is 13.2 Å². The summed E-state index contributed by atoms with van der Waals surface area (Å²) in [6.45, 7) is 1.25. The van der Waals surface area contributed by atoms with Crippen LogP contribution >= 0.6 is 0 Å². The first-order chi connectivity index (χ1) is 13.5. The summed E-state index contributed by atoms with van der Waals surface area (Å²) in [4.78, 5) is 12.2. The number of aliphatic hydroxyl groups excluding tert-OH is 1. The molecule has 29 heavy (non-hydrogen) atoms. The number of halogens is 3. The van der Waals surface area contributed by atoms with E-state index in [4.69, 9.17) is 9.84 Å². The standard InChI is InChI=1S/C19H22F3NO5S/c1-3-29(26,27)11-14-4-5-17(28-12-19(20,21)22)16(9-14)15-8-13(2)18(25)23(10-15)6-7-24/h4-5,8-10,24H,3,6-7,11-12H2,1-2H3. The van der Waals surface area contributed by atoms with Crippen molar-refractivity contribution in [2.45, 2.75) is 32.3 Å². The lowest BCUT2D eigenvalue weighted by Crippen LogP contribution is -2.23. The van der Waals surface area contributed by atoms with E-state index in [1.54, 1.807) is 6.92 Å². The van der Waals surface area contributed by atoms with E-state index in [1.807, 2.05) is 0 Å². The first kappa shape index (κ1) is 23.0. The van der Waals surface area contributed by atoms with Gasteiger partial charge in [-0.1, -0.05) is 13.0 Å². The zero-order chi connectivity index (χ0) is 21.8. The molecule has 0 amide bonds. The van der Waals surface area contributed by atoms with Crippen molar-refractivity contribution < 1.29 is 31.4 Å². The lowest BCUT2D eigenvalue weighted by atomic mass is 10.0. The highest BCUT2D eigenvalue weighted by Crippen LogP contribution is 2.33. The molecular weight excluding hydrogens is 411 g/mol. The minimum absolute atomic E-state index is 0.0101. The van der Waals surface area contributed by atoms with Crippen molar-refractivity contribution in [1.29, 1.82) is 0 Å². The molecular formula is C19H22F3NO5S. The summed E-state index contributed by atoms with van der Waals surface area (Å²) in [5.41, 5.74) is 0.977. The number of aromatic nitrogens is 1.